The largest absolute Gasteiger partial charge is 0.459 e. The van der Waals surface area contributed by atoms with Crippen molar-refractivity contribution in [2.45, 2.75) is 13.3 Å². The maximum atomic E-state index is 12.3. The molecule has 2 aliphatic rings. The molecule has 3 rings (SSSR count). The quantitative estimate of drug-likeness (QED) is 0.796. The highest BCUT2D eigenvalue weighted by atomic mass is 16.3. The van der Waals surface area contributed by atoms with E-state index in [-0.39, 0.29) is 5.91 Å². The Hall–Kier alpha value is -1.29. The summed E-state index contributed by atoms with van der Waals surface area (Å²) in [7, 11) is 0. The molecule has 0 saturated carbocycles. The molecule has 0 spiro atoms. The Labute approximate surface area is 101 Å². The zero-order valence-corrected chi connectivity index (χ0v) is 10.1. The molecule has 3 heterocycles. The molecule has 4 heteroatoms. The lowest BCUT2D eigenvalue weighted by molar-refractivity contribution is 0.0508. The predicted molar refractivity (Wildman–Crippen MR) is 63.8 cm³/mol. The van der Waals surface area contributed by atoms with Crippen LogP contribution in [0.2, 0.25) is 0 Å². The van der Waals surface area contributed by atoms with Crippen molar-refractivity contribution in [3.8, 4) is 0 Å². The molecule has 1 N–H and O–H groups in total. The van der Waals surface area contributed by atoms with Gasteiger partial charge >= 0.3 is 0 Å². The molecule has 2 atom stereocenters. The number of piperidine rings is 2. The highest BCUT2D eigenvalue weighted by Gasteiger charge is 2.33. The molecule has 1 amide bonds. The first-order valence-electron chi connectivity index (χ1n) is 6.27. The van der Waals surface area contributed by atoms with Crippen molar-refractivity contribution in [2.24, 2.45) is 11.8 Å². The SMILES string of the molecule is Cc1coc(C(=O)N2CC3CNCC(C3)C2)c1. The molecule has 17 heavy (non-hydrogen) atoms. The summed E-state index contributed by atoms with van der Waals surface area (Å²) in [6.45, 7) is 5.74. The van der Waals surface area contributed by atoms with E-state index < -0.39 is 0 Å². The summed E-state index contributed by atoms with van der Waals surface area (Å²) in [6.07, 6.45) is 2.90. The number of rotatable bonds is 1. The molecular weight excluding hydrogens is 216 g/mol. The molecule has 2 aliphatic heterocycles. The minimum Gasteiger partial charge on any atom is -0.459 e. The zero-order chi connectivity index (χ0) is 11.8. The van der Waals surface area contributed by atoms with Crippen LogP contribution in [0, 0.1) is 18.8 Å². The second-order valence-corrected chi connectivity index (χ2v) is 5.32. The van der Waals surface area contributed by atoms with Crippen LogP contribution in [-0.4, -0.2) is 37.0 Å². The van der Waals surface area contributed by atoms with Crippen LogP contribution >= 0.6 is 0 Å². The van der Waals surface area contributed by atoms with E-state index in [2.05, 4.69) is 5.32 Å². The Balaban J connectivity index is 1.74. The average molecular weight is 234 g/mol. The van der Waals surface area contributed by atoms with E-state index in [9.17, 15) is 4.79 Å². The van der Waals surface area contributed by atoms with Crippen molar-refractivity contribution in [1.82, 2.24) is 10.2 Å². The fourth-order valence-corrected chi connectivity index (χ4v) is 2.97. The van der Waals surface area contributed by atoms with Crippen molar-refractivity contribution in [1.29, 1.82) is 0 Å². The highest BCUT2D eigenvalue weighted by Crippen LogP contribution is 2.25. The Kier molecular flexibility index (Phi) is 2.67. The van der Waals surface area contributed by atoms with Crippen LogP contribution in [-0.2, 0) is 0 Å². The molecule has 0 aromatic carbocycles. The van der Waals surface area contributed by atoms with Gasteiger partial charge in [-0.3, -0.25) is 4.79 Å². The number of fused-ring (bicyclic) bond motifs is 2. The lowest BCUT2D eigenvalue weighted by atomic mass is 9.86. The maximum Gasteiger partial charge on any atom is 0.289 e. The van der Waals surface area contributed by atoms with Gasteiger partial charge in [0.25, 0.3) is 5.91 Å². The number of nitrogens with one attached hydrogen (secondary N) is 1. The Morgan fingerprint density at radius 1 is 1.41 bits per heavy atom. The van der Waals surface area contributed by atoms with Crippen molar-refractivity contribution in [3.05, 3.63) is 23.7 Å². The lowest BCUT2D eigenvalue weighted by Crippen LogP contribution is -2.52. The third-order valence-electron chi connectivity index (χ3n) is 3.72. The monoisotopic (exact) mass is 234 g/mol. The lowest BCUT2D eigenvalue weighted by Gasteiger charge is -2.41. The van der Waals surface area contributed by atoms with E-state index in [1.807, 2.05) is 17.9 Å². The molecule has 0 radical (unpaired) electrons. The van der Waals surface area contributed by atoms with E-state index in [0.717, 1.165) is 31.7 Å². The maximum absolute atomic E-state index is 12.3. The van der Waals surface area contributed by atoms with Gasteiger partial charge in [0.2, 0.25) is 0 Å². The van der Waals surface area contributed by atoms with Crippen LogP contribution in [0.25, 0.3) is 0 Å². The van der Waals surface area contributed by atoms with Crippen LogP contribution in [0.5, 0.6) is 0 Å². The summed E-state index contributed by atoms with van der Waals surface area (Å²) in [5, 5.41) is 3.43. The number of hydrogen-bond donors (Lipinski definition) is 1. The van der Waals surface area contributed by atoms with E-state index in [1.54, 1.807) is 6.26 Å². The molecule has 4 nitrogen and oxygen atoms in total. The van der Waals surface area contributed by atoms with Crippen LogP contribution in [0.1, 0.15) is 22.5 Å². The second-order valence-electron chi connectivity index (χ2n) is 5.32. The molecule has 0 aliphatic carbocycles. The molecule has 1 aromatic rings. The third-order valence-corrected chi connectivity index (χ3v) is 3.72. The molecule has 2 fully saturated rings. The molecule has 1 aromatic heterocycles. The van der Waals surface area contributed by atoms with E-state index in [1.165, 1.54) is 6.42 Å². The Bertz CT molecular complexity index is 415. The van der Waals surface area contributed by atoms with Gasteiger partial charge in [0, 0.05) is 13.1 Å². The molecule has 2 saturated heterocycles. The summed E-state index contributed by atoms with van der Waals surface area (Å²) in [4.78, 5) is 14.2. The standard InChI is InChI=1S/C13H18N2O2/c1-9-2-12(17-8-9)13(16)15-6-10-3-11(7-15)5-14-4-10/h2,8,10-11,14H,3-7H2,1H3. The summed E-state index contributed by atoms with van der Waals surface area (Å²) in [6, 6.07) is 1.82. The van der Waals surface area contributed by atoms with Gasteiger partial charge in [0.05, 0.1) is 6.26 Å². The number of likely N-dealkylation sites (tertiary alicyclic amines) is 1. The topological polar surface area (TPSA) is 45.5 Å². The van der Waals surface area contributed by atoms with Gasteiger partial charge in [-0.05, 0) is 49.9 Å². The average Bonchev–Trinajstić information content (AvgIpc) is 2.74. The number of nitrogens with zero attached hydrogens (tertiary/aromatic N) is 1. The summed E-state index contributed by atoms with van der Waals surface area (Å²) in [5.74, 6) is 1.76. The van der Waals surface area contributed by atoms with Gasteiger partial charge in [0.1, 0.15) is 0 Å². The first kappa shape index (κ1) is 10.8. The highest BCUT2D eigenvalue weighted by molar-refractivity contribution is 5.91. The molecule has 2 bridgehead atoms. The van der Waals surface area contributed by atoms with Gasteiger partial charge in [0.15, 0.2) is 5.76 Å². The van der Waals surface area contributed by atoms with E-state index >= 15 is 0 Å². The smallest absolute Gasteiger partial charge is 0.289 e. The van der Waals surface area contributed by atoms with Crippen molar-refractivity contribution in [2.75, 3.05) is 26.2 Å². The number of amides is 1. The fourth-order valence-electron chi connectivity index (χ4n) is 2.97. The number of furan rings is 1. The van der Waals surface area contributed by atoms with Crippen LogP contribution < -0.4 is 5.32 Å². The van der Waals surface area contributed by atoms with Crippen molar-refractivity contribution in [3.63, 3.8) is 0 Å². The van der Waals surface area contributed by atoms with Crippen molar-refractivity contribution >= 4 is 5.91 Å². The number of carbonyl (C=O) groups is 1. The molecular formula is C13H18N2O2. The summed E-state index contributed by atoms with van der Waals surface area (Å²) >= 11 is 0. The number of hydrogen-bond acceptors (Lipinski definition) is 3. The molecule has 2 unspecified atom stereocenters. The minimum atomic E-state index is 0.0506. The van der Waals surface area contributed by atoms with Crippen LogP contribution in [0.4, 0.5) is 0 Å². The summed E-state index contributed by atoms with van der Waals surface area (Å²) in [5.41, 5.74) is 1.01. The number of aryl methyl sites for hydroxylation is 1. The number of carbonyl (C=O) groups excluding carboxylic acids is 1. The fraction of sp³-hybridized carbons (Fsp3) is 0.615. The second kappa shape index (κ2) is 4.18. The van der Waals surface area contributed by atoms with E-state index in [0.29, 0.717) is 17.6 Å². The Morgan fingerprint density at radius 3 is 2.71 bits per heavy atom. The van der Waals surface area contributed by atoms with Gasteiger partial charge < -0.3 is 14.6 Å². The van der Waals surface area contributed by atoms with Gasteiger partial charge in [-0.2, -0.15) is 0 Å². The third kappa shape index (κ3) is 2.09. The van der Waals surface area contributed by atoms with Crippen LogP contribution in [0.15, 0.2) is 16.7 Å². The van der Waals surface area contributed by atoms with Crippen LogP contribution in [0.3, 0.4) is 0 Å². The van der Waals surface area contributed by atoms with E-state index in [4.69, 9.17) is 4.42 Å². The Morgan fingerprint density at radius 2 is 2.12 bits per heavy atom. The normalized spacial score (nSPS) is 28.2. The van der Waals surface area contributed by atoms with Crippen molar-refractivity contribution < 1.29 is 9.21 Å². The minimum absolute atomic E-state index is 0.0506. The van der Waals surface area contributed by atoms with Gasteiger partial charge in [-0.1, -0.05) is 0 Å². The summed E-state index contributed by atoms with van der Waals surface area (Å²) < 4.78 is 5.29. The zero-order valence-electron chi connectivity index (χ0n) is 10.1. The van der Waals surface area contributed by atoms with Gasteiger partial charge in [-0.25, -0.2) is 0 Å². The first-order valence-corrected chi connectivity index (χ1v) is 6.27. The predicted octanol–water partition coefficient (Wildman–Crippen LogP) is 1.27. The van der Waals surface area contributed by atoms with Gasteiger partial charge in [-0.15, -0.1) is 0 Å². The first-order chi connectivity index (χ1) is 8.22. The molecule has 92 valence electrons.